The van der Waals surface area contributed by atoms with E-state index < -0.39 is 17.9 Å². The number of aliphatic carboxylic acids is 1. The maximum Gasteiger partial charge on any atom is 0.308 e. The Morgan fingerprint density at radius 3 is 2.50 bits per heavy atom. The van der Waals surface area contributed by atoms with Gasteiger partial charge in [-0.3, -0.25) is 14.4 Å². The lowest BCUT2D eigenvalue weighted by Crippen LogP contribution is -2.52. The molecule has 3 unspecified atom stereocenters. The minimum absolute atomic E-state index is 0.00311. The lowest BCUT2D eigenvalue weighted by molar-refractivity contribution is -0.147. The number of carbonyl (C=O) groups is 3. The van der Waals surface area contributed by atoms with Gasteiger partial charge in [0.2, 0.25) is 11.8 Å². The van der Waals surface area contributed by atoms with Gasteiger partial charge >= 0.3 is 5.97 Å². The highest BCUT2D eigenvalue weighted by Gasteiger charge is 2.43. The third-order valence-corrected chi connectivity index (χ3v) is 5.59. The summed E-state index contributed by atoms with van der Waals surface area (Å²) in [7, 11) is 0. The van der Waals surface area contributed by atoms with Crippen LogP contribution < -0.4 is 0 Å². The van der Waals surface area contributed by atoms with E-state index >= 15 is 0 Å². The van der Waals surface area contributed by atoms with Crippen LogP contribution >= 0.6 is 0 Å². The van der Waals surface area contributed by atoms with Gasteiger partial charge in [0.25, 0.3) is 0 Å². The number of likely N-dealkylation sites (tertiary alicyclic amines) is 2. The molecule has 2 amide bonds. The molecule has 0 aromatic heterocycles. The van der Waals surface area contributed by atoms with Crippen molar-refractivity contribution >= 4 is 17.8 Å². The van der Waals surface area contributed by atoms with E-state index in [2.05, 4.69) is 0 Å². The standard InChI is InChI=1S/C20H26N2O4/c1-2-18(23)22-11-7-6-10-17(22)19(24)21-12-15(16(13-21)20(25)26)14-8-4-3-5-9-14/h3-5,8-9,15-17H,2,6-7,10-13H2,1H3,(H,25,26). The Morgan fingerprint density at radius 1 is 1.12 bits per heavy atom. The topological polar surface area (TPSA) is 77.9 Å². The van der Waals surface area contributed by atoms with Crippen LogP contribution in [0.15, 0.2) is 30.3 Å². The van der Waals surface area contributed by atoms with Crippen molar-refractivity contribution in [1.29, 1.82) is 0 Å². The summed E-state index contributed by atoms with van der Waals surface area (Å²) in [6.45, 7) is 3.02. The highest BCUT2D eigenvalue weighted by atomic mass is 16.4. The van der Waals surface area contributed by atoms with Gasteiger partial charge in [0, 0.05) is 32.0 Å². The molecule has 1 aromatic carbocycles. The average Bonchev–Trinajstić information content (AvgIpc) is 3.13. The SMILES string of the molecule is CCC(=O)N1CCCCC1C(=O)N1CC(C(=O)O)C(c2ccccc2)C1. The fourth-order valence-corrected chi connectivity index (χ4v) is 4.17. The number of carbonyl (C=O) groups excluding carboxylic acids is 2. The molecule has 1 N–H and O–H groups in total. The molecule has 2 saturated heterocycles. The molecular weight excluding hydrogens is 332 g/mol. The van der Waals surface area contributed by atoms with E-state index in [9.17, 15) is 19.5 Å². The Labute approximate surface area is 153 Å². The molecule has 6 heteroatoms. The lowest BCUT2D eigenvalue weighted by Gasteiger charge is -2.36. The molecule has 3 rings (SSSR count). The van der Waals surface area contributed by atoms with Crippen LogP contribution in [0.2, 0.25) is 0 Å². The molecule has 2 aliphatic rings. The van der Waals surface area contributed by atoms with Gasteiger partial charge in [0.05, 0.1) is 5.92 Å². The number of carboxylic acids is 1. The summed E-state index contributed by atoms with van der Waals surface area (Å²) in [5.74, 6) is -1.80. The van der Waals surface area contributed by atoms with Crippen molar-refractivity contribution in [2.75, 3.05) is 19.6 Å². The fourth-order valence-electron chi connectivity index (χ4n) is 4.17. The molecule has 2 aliphatic heterocycles. The van der Waals surface area contributed by atoms with Crippen LogP contribution in [0.4, 0.5) is 0 Å². The predicted molar refractivity (Wildman–Crippen MR) is 96.5 cm³/mol. The van der Waals surface area contributed by atoms with Crippen molar-refractivity contribution in [3.63, 3.8) is 0 Å². The Hall–Kier alpha value is -2.37. The van der Waals surface area contributed by atoms with E-state index in [0.717, 1.165) is 18.4 Å². The summed E-state index contributed by atoms with van der Waals surface area (Å²) in [6, 6.07) is 9.07. The summed E-state index contributed by atoms with van der Waals surface area (Å²) in [5, 5.41) is 9.63. The molecule has 1 aromatic rings. The van der Waals surface area contributed by atoms with Gasteiger partial charge in [-0.05, 0) is 24.8 Å². The largest absolute Gasteiger partial charge is 0.481 e. The summed E-state index contributed by atoms with van der Waals surface area (Å²) >= 11 is 0. The van der Waals surface area contributed by atoms with Crippen molar-refractivity contribution in [2.45, 2.75) is 44.6 Å². The normalized spacial score (nSPS) is 26.0. The summed E-state index contributed by atoms with van der Waals surface area (Å²) in [4.78, 5) is 40.4. The molecule has 26 heavy (non-hydrogen) atoms. The Morgan fingerprint density at radius 2 is 1.85 bits per heavy atom. The van der Waals surface area contributed by atoms with Crippen LogP contribution in [0.1, 0.15) is 44.1 Å². The molecule has 140 valence electrons. The number of nitrogens with zero attached hydrogens (tertiary/aromatic N) is 2. The smallest absolute Gasteiger partial charge is 0.308 e. The quantitative estimate of drug-likeness (QED) is 0.894. The monoisotopic (exact) mass is 358 g/mol. The second-order valence-electron chi connectivity index (χ2n) is 7.16. The molecule has 6 nitrogen and oxygen atoms in total. The first-order valence-electron chi connectivity index (χ1n) is 9.39. The minimum atomic E-state index is -0.876. The first kappa shape index (κ1) is 18.4. The van der Waals surface area contributed by atoms with E-state index in [-0.39, 0.29) is 24.3 Å². The van der Waals surface area contributed by atoms with E-state index in [1.807, 2.05) is 30.3 Å². The maximum atomic E-state index is 13.1. The molecule has 0 saturated carbocycles. The van der Waals surface area contributed by atoms with Crippen LogP contribution in [0.3, 0.4) is 0 Å². The number of amides is 2. The van der Waals surface area contributed by atoms with Crippen molar-refractivity contribution in [3.8, 4) is 0 Å². The third kappa shape index (κ3) is 3.59. The third-order valence-electron chi connectivity index (χ3n) is 5.59. The highest BCUT2D eigenvalue weighted by molar-refractivity contribution is 5.88. The molecular formula is C20H26N2O4. The van der Waals surface area contributed by atoms with Gasteiger partial charge in [-0.15, -0.1) is 0 Å². The number of piperidine rings is 1. The number of benzene rings is 1. The van der Waals surface area contributed by atoms with Gasteiger partial charge in [0.15, 0.2) is 0 Å². The van der Waals surface area contributed by atoms with Crippen molar-refractivity contribution in [3.05, 3.63) is 35.9 Å². The van der Waals surface area contributed by atoms with Crippen LogP contribution in [-0.2, 0) is 14.4 Å². The van der Waals surface area contributed by atoms with Gasteiger partial charge in [-0.2, -0.15) is 0 Å². The first-order valence-corrected chi connectivity index (χ1v) is 9.39. The molecule has 3 atom stereocenters. The first-order chi connectivity index (χ1) is 12.5. The predicted octanol–water partition coefficient (Wildman–Crippen LogP) is 2.10. The van der Waals surface area contributed by atoms with E-state index in [1.165, 1.54) is 0 Å². The maximum absolute atomic E-state index is 13.1. The average molecular weight is 358 g/mol. The van der Waals surface area contributed by atoms with E-state index in [1.54, 1.807) is 16.7 Å². The minimum Gasteiger partial charge on any atom is -0.481 e. The van der Waals surface area contributed by atoms with Crippen LogP contribution in [0, 0.1) is 5.92 Å². The van der Waals surface area contributed by atoms with Gasteiger partial charge < -0.3 is 14.9 Å². The summed E-state index contributed by atoms with van der Waals surface area (Å²) in [5.41, 5.74) is 0.945. The number of hydrogen-bond acceptors (Lipinski definition) is 3. The molecule has 0 bridgehead atoms. The second kappa shape index (κ2) is 7.89. The van der Waals surface area contributed by atoms with E-state index in [4.69, 9.17) is 0 Å². The number of carboxylic acid groups (broad SMARTS) is 1. The molecule has 2 heterocycles. The zero-order valence-corrected chi connectivity index (χ0v) is 15.1. The van der Waals surface area contributed by atoms with Crippen molar-refractivity contribution in [2.24, 2.45) is 5.92 Å². The Kier molecular flexibility index (Phi) is 5.59. The van der Waals surface area contributed by atoms with Crippen molar-refractivity contribution in [1.82, 2.24) is 9.80 Å². The second-order valence-corrected chi connectivity index (χ2v) is 7.16. The van der Waals surface area contributed by atoms with E-state index in [0.29, 0.717) is 25.9 Å². The summed E-state index contributed by atoms with van der Waals surface area (Å²) in [6.07, 6.45) is 2.88. The number of rotatable bonds is 4. The molecule has 0 radical (unpaired) electrons. The van der Waals surface area contributed by atoms with Crippen molar-refractivity contribution < 1.29 is 19.5 Å². The lowest BCUT2D eigenvalue weighted by atomic mass is 9.89. The number of hydrogen-bond donors (Lipinski definition) is 1. The molecule has 0 aliphatic carbocycles. The highest BCUT2D eigenvalue weighted by Crippen LogP contribution is 2.34. The zero-order valence-electron chi connectivity index (χ0n) is 15.1. The molecule has 2 fully saturated rings. The van der Waals surface area contributed by atoms with Gasteiger partial charge in [-0.1, -0.05) is 37.3 Å². The van der Waals surface area contributed by atoms with Crippen LogP contribution in [0.25, 0.3) is 0 Å². The summed E-state index contributed by atoms with van der Waals surface area (Å²) < 4.78 is 0. The Bertz CT molecular complexity index is 676. The van der Waals surface area contributed by atoms with Gasteiger partial charge in [-0.25, -0.2) is 0 Å². The Balaban J connectivity index is 1.79. The van der Waals surface area contributed by atoms with Crippen LogP contribution in [0.5, 0.6) is 0 Å². The zero-order chi connectivity index (χ0) is 18.7. The fraction of sp³-hybridized carbons (Fsp3) is 0.550. The molecule has 0 spiro atoms. The van der Waals surface area contributed by atoms with Gasteiger partial charge in [0.1, 0.15) is 6.04 Å². The van der Waals surface area contributed by atoms with Crippen LogP contribution in [-0.4, -0.2) is 58.4 Å².